The summed E-state index contributed by atoms with van der Waals surface area (Å²) in [5.74, 6) is 1.03. The third-order valence-corrected chi connectivity index (χ3v) is 3.35. The lowest BCUT2D eigenvalue weighted by Gasteiger charge is -2.22. The summed E-state index contributed by atoms with van der Waals surface area (Å²) in [5, 5.41) is 3.38. The van der Waals surface area contributed by atoms with Gasteiger partial charge in [0.25, 0.3) is 0 Å². The highest BCUT2D eigenvalue weighted by Crippen LogP contribution is 2.29. The SMILES string of the molecule is CCC(NC(C)c1ccccc1OC(F)F)c1ccco1. The molecule has 1 aromatic carbocycles. The predicted octanol–water partition coefficient (Wildman–Crippen LogP) is 4.68. The van der Waals surface area contributed by atoms with Gasteiger partial charge in [-0.05, 0) is 31.5 Å². The van der Waals surface area contributed by atoms with E-state index in [4.69, 9.17) is 4.42 Å². The van der Waals surface area contributed by atoms with E-state index >= 15 is 0 Å². The van der Waals surface area contributed by atoms with Crippen LogP contribution in [0.5, 0.6) is 5.75 Å². The Kier molecular flexibility index (Phi) is 5.33. The van der Waals surface area contributed by atoms with Crippen LogP contribution in [0.4, 0.5) is 8.78 Å². The van der Waals surface area contributed by atoms with Crippen LogP contribution in [0, 0.1) is 0 Å². The van der Waals surface area contributed by atoms with Crippen molar-refractivity contribution in [2.24, 2.45) is 0 Å². The standard InChI is InChI=1S/C16H19F2NO2/c1-3-13(15-9-6-10-20-15)19-11(2)12-7-4-5-8-14(12)21-16(17)18/h4-11,13,16,19H,3H2,1-2H3. The second-order valence-electron chi connectivity index (χ2n) is 4.78. The molecule has 114 valence electrons. The van der Waals surface area contributed by atoms with Crippen LogP contribution in [-0.4, -0.2) is 6.61 Å². The number of para-hydroxylation sites is 1. The molecular formula is C16H19F2NO2. The van der Waals surface area contributed by atoms with Crippen LogP contribution in [0.2, 0.25) is 0 Å². The van der Waals surface area contributed by atoms with Gasteiger partial charge in [0, 0.05) is 11.6 Å². The van der Waals surface area contributed by atoms with Crippen molar-refractivity contribution in [2.75, 3.05) is 0 Å². The van der Waals surface area contributed by atoms with Crippen LogP contribution < -0.4 is 10.1 Å². The monoisotopic (exact) mass is 295 g/mol. The first-order valence-electron chi connectivity index (χ1n) is 6.95. The zero-order valence-electron chi connectivity index (χ0n) is 12.1. The highest BCUT2D eigenvalue weighted by atomic mass is 19.3. The van der Waals surface area contributed by atoms with E-state index in [0.29, 0.717) is 5.56 Å². The number of halogens is 2. The molecule has 0 aliphatic rings. The Morgan fingerprint density at radius 1 is 1.19 bits per heavy atom. The lowest BCUT2D eigenvalue weighted by atomic mass is 10.0. The predicted molar refractivity (Wildman–Crippen MR) is 76.4 cm³/mol. The number of alkyl halides is 2. The Balaban J connectivity index is 2.14. The molecule has 2 atom stereocenters. The van der Waals surface area contributed by atoms with Crippen molar-refractivity contribution >= 4 is 0 Å². The molecule has 2 aromatic rings. The second-order valence-corrected chi connectivity index (χ2v) is 4.78. The maximum atomic E-state index is 12.5. The van der Waals surface area contributed by atoms with E-state index in [1.807, 2.05) is 26.0 Å². The lowest BCUT2D eigenvalue weighted by molar-refractivity contribution is -0.0507. The molecule has 0 saturated heterocycles. The minimum Gasteiger partial charge on any atom is -0.468 e. The second kappa shape index (κ2) is 7.22. The largest absolute Gasteiger partial charge is 0.468 e. The van der Waals surface area contributed by atoms with Gasteiger partial charge in [0.1, 0.15) is 11.5 Å². The average Bonchev–Trinajstić information content (AvgIpc) is 2.98. The maximum absolute atomic E-state index is 12.5. The highest BCUT2D eigenvalue weighted by Gasteiger charge is 2.19. The summed E-state index contributed by atoms with van der Waals surface area (Å²) in [4.78, 5) is 0. The van der Waals surface area contributed by atoms with Gasteiger partial charge in [-0.25, -0.2) is 0 Å². The first-order chi connectivity index (χ1) is 10.1. The fourth-order valence-electron chi connectivity index (χ4n) is 2.32. The molecule has 21 heavy (non-hydrogen) atoms. The van der Waals surface area contributed by atoms with Crippen molar-refractivity contribution in [3.05, 3.63) is 54.0 Å². The zero-order valence-corrected chi connectivity index (χ0v) is 12.1. The highest BCUT2D eigenvalue weighted by molar-refractivity contribution is 5.35. The molecule has 0 saturated carbocycles. The van der Waals surface area contributed by atoms with Crippen LogP contribution in [-0.2, 0) is 0 Å². The van der Waals surface area contributed by atoms with Crippen molar-refractivity contribution < 1.29 is 17.9 Å². The molecule has 0 radical (unpaired) electrons. The molecule has 1 heterocycles. The fourth-order valence-corrected chi connectivity index (χ4v) is 2.32. The quantitative estimate of drug-likeness (QED) is 0.805. The molecule has 0 spiro atoms. The molecule has 1 N–H and O–H groups in total. The van der Waals surface area contributed by atoms with Gasteiger partial charge in [-0.2, -0.15) is 8.78 Å². The minimum absolute atomic E-state index is 0.0228. The number of hydrogen-bond acceptors (Lipinski definition) is 3. The summed E-state index contributed by atoms with van der Waals surface area (Å²) in [6.45, 7) is 1.12. The number of furan rings is 1. The normalized spacial score (nSPS) is 14.1. The summed E-state index contributed by atoms with van der Waals surface area (Å²) in [6, 6.07) is 10.4. The van der Waals surface area contributed by atoms with Crippen LogP contribution in [0.25, 0.3) is 0 Å². The van der Waals surface area contributed by atoms with Gasteiger partial charge in [-0.1, -0.05) is 25.1 Å². The summed E-state index contributed by atoms with van der Waals surface area (Å²) < 4.78 is 34.9. The molecule has 3 nitrogen and oxygen atoms in total. The fraction of sp³-hybridized carbons (Fsp3) is 0.375. The Hall–Kier alpha value is -1.88. The number of rotatable bonds is 7. The Morgan fingerprint density at radius 3 is 2.57 bits per heavy atom. The average molecular weight is 295 g/mol. The van der Waals surface area contributed by atoms with Gasteiger partial charge in [0.2, 0.25) is 0 Å². The smallest absolute Gasteiger partial charge is 0.387 e. The van der Waals surface area contributed by atoms with Crippen LogP contribution in [0.3, 0.4) is 0 Å². The van der Waals surface area contributed by atoms with Crippen LogP contribution >= 0.6 is 0 Å². The van der Waals surface area contributed by atoms with Crippen molar-refractivity contribution in [3.63, 3.8) is 0 Å². The van der Waals surface area contributed by atoms with E-state index in [0.717, 1.165) is 12.2 Å². The summed E-state index contributed by atoms with van der Waals surface area (Å²) in [7, 11) is 0. The molecule has 0 bridgehead atoms. The molecule has 0 amide bonds. The summed E-state index contributed by atoms with van der Waals surface area (Å²) in [5.41, 5.74) is 0.697. The summed E-state index contributed by atoms with van der Waals surface area (Å²) >= 11 is 0. The number of nitrogens with one attached hydrogen (secondary N) is 1. The van der Waals surface area contributed by atoms with Gasteiger partial charge in [0.05, 0.1) is 12.3 Å². The van der Waals surface area contributed by atoms with E-state index in [9.17, 15) is 8.78 Å². The molecule has 5 heteroatoms. The van der Waals surface area contributed by atoms with Crippen molar-refractivity contribution in [2.45, 2.75) is 39.0 Å². The van der Waals surface area contributed by atoms with Crippen molar-refractivity contribution in [1.29, 1.82) is 0 Å². The van der Waals surface area contributed by atoms with Crippen molar-refractivity contribution in [1.82, 2.24) is 5.32 Å². The Morgan fingerprint density at radius 2 is 1.95 bits per heavy atom. The third-order valence-electron chi connectivity index (χ3n) is 3.35. The lowest BCUT2D eigenvalue weighted by Crippen LogP contribution is -2.24. The Bertz CT molecular complexity index is 543. The van der Waals surface area contributed by atoms with Crippen LogP contribution in [0.15, 0.2) is 47.1 Å². The number of ether oxygens (including phenoxy) is 1. The third kappa shape index (κ3) is 4.04. The molecule has 2 rings (SSSR count). The molecule has 0 aliphatic carbocycles. The summed E-state index contributed by atoms with van der Waals surface area (Å²) in [6.07, 6.45) is 2.45. The number of benzene rings is 1. The van der Waals surface area contributed by atoms with Crippen LogP contribution in [0.1, 0.15) is 43.7 Å². The van der Waals surface area contributed by atoms with Gasteiger partial charge in [-0.15, -0.1) is 0 Å². The van der Waals surface area contributed by atoms with Gasteiger partial charge < -0.3 is 14.5 Å². The van der Waals surface area contributed by atoms with Crippen molar-refractivity contribution in [3.8, 4) is 5.75 Å². The van der Waals surface area contributed by atoms with E-state index in [1.54, 1.807) is 30.5 Å². The van der Waals surface area contributed by atoms with E-state index in [-0.39, 0.29) is 17.8 Å². The first-order valence-corrected chi connectivity index (χ1v) is 6.95. The molecule has 0 aliphatic heterocycles. The Labute approximate surface area is 122 Å². The van der Waals surface area contributed by atoms with Gasteiger partial charge >= 0.3 is 6.61 Å². The molecular weight excluding hydrogens is 276 g/mol. The topological polar surface area (TPSA) is 34.4 Å². The maximum Gasteiger partial charge on any atom is 0.387 e. The van der Waals surface area contributed by atoms with E-state index in [1.165, 1.54) is 0 Å². The minimum atomic E-state index is -2.83. The van der Waals surface area contributed by atoms with E-state index in [2.05, 4.69) is 10.1 Å². The zero-order chi connectivity index (χ0) is 15.2. The molecule has 1 aromatic heterocycles. The number of hydrogen-bond donors (Lipinski definition) is 1. The first kappa shape index (κ1) is 15.5. The van der Waals surface area contributed by atoms with Gasteiger partial charge in [-0.3, -0.25) is 0 Å². The molecule has 0 fully saturated rings. The van der Waals surface area contributed by atoms with Gasteiger partial charge in [0.15, 0.2) is 0 Å². The van der Waals surface area contributed by atoms with E-state index < -0.39 is 6.61 Å². The molecule has 2 unspecified atom stereocenters.